The second-order valence-corrected chi connectivity index (χ2v) is 3.73. The molecule has 5 heteroatoms. The third-order valence-corrected chi connectivity index (χ3v) is 2.55. The first kappa shape index (κ1) is 9.30. The molecule has 0 aliphatic rings. The highest BCUT2D eigenvalue weighted by Gasteiger charge is 2.07. The van der Waals surface area contributed by atoms with Gasteiger partial charge in [0.05, 0.1) is 5.52 Å². The van der Waals surface area contributed by atoms with Crippen molar-refractivity contribution in [2.24, 2.45) is 0 Å². The zero-order valence-corrected chi connectivity index (χ0v) is 8.96. The maximum Gasteiger partial charge on any atom is 0.129 e. The molecule has 0 saturated heterocycles. The molecule has 16 heavy (non-hydrogen) atoms. The Kier molecular flexibility index (Phi) is 2.08. The van der Waals surface area contributed by atoms with Crippen LogP contribution in [0.3, 0.4) is 0 Å². The Hall–Kier alpha value is -1.94. The van der Waals surface area contributed by atoms with Gasteiger partial charge in [-0.15, -0.1) is 5.10 Å². The van der Waals surface area contributed by atoms with Gasteiger partial charge in [0.15, 0.2) is 0 Å². The topological polar surface area (TPSA) is 43.1 Å². The number of hydrogen-bond acceptors (Lipinski definition) is 3. The molecule has 0 bridgehead atoms. The lowest BCUT2D eigenvalue weighted by atomic mass is 10.2. The number of pyridine rings is 2. The van der Waals surface area contributed by atoms with Crippen molar-refractivity contribution < 1.29 is 0 Å². The van der Waals surface area contributed by atoms with Gasteiger partial charge in [0.2, 0.25) is 0 Å². The summed E-state index contributed by atoms with van der Waals surface area (Å²) in [5, 5.41) is 8.62. The number of fused-ring (bicyclic) bond motifs is 1. The molecule has 4 nitrogen and oxygen atoms in total. The van der Waals surface area contributed by atoms with Gasteiger partial charge in [-0.3, -0.25) is 0 Å². The van der Waals surface area contributed by atoms with E-state index in [9.17, 15) is 0 Å². The highest BCUT2D eigenvalue weighted by atomic mass is 35.5. The Morgan fingerprint density at radius 3 is 2.88 bits per heavy atom. The molecule has 0 radical (unpaired) electrons. The predicted octanol–water partition coefficient (Wildman–Crippen LogP) is 2.44. The minimum absolute atomic E-state index is 0.472. The largest absolute Gasteiger partial charge is 0.244 e. The van der Waals surface area contributed by atoms with Gasteiger partial charge in [0, 0.05) is 18.0 Å². The van der Waals surface area contributed by atoms with Crippen LogP contribution in [0, 0.1) is 0 Å². The average molecular weight is 231 g/mol. The van der Waals surface area contributed by atoms with Crippen LogP contribution in [0.4, 0.5) is 0 Å². The number of aromatic nitrogens is 4. The molecule has 78 valence electrons. The number of hydrogen-bond donors (Lipinski definition) is 0. The van der Waals surface area contributed by atoms with Gasteiger partial charge in [0.1, 0.15) is 10.8 Å². The van der Waals surface area contributed by atoms with Gasteiger partial charge < -0.3 is 0 Å². The molecule has 3 rings (SSSR count). The van der Waals surface area contributed by atoms with Gasteiger partial charge in [0.25, 0.3) is 0 Å². The van der Waals surface area contributed by atoms with Crippen molar-refractivity contribution in [2.75, 3.05) is 0 Å². The van der Waals surface area contributed by atoms with Crippen molar-refractivity contribution in [1.29, 1.82) is 0 Å². The third kappa shape index (κ3) is 1.44. The van der Waals surface area contributed by atoms with Crippen LogP contribution >= 0.6 is 11.6 Å². The van der Waals surface area contributed by atoms with Crippen LogP contribution in [0.25, 0.3) is 16.8 Å². The molecule has 3 aromatic rings. The van der Waals surface area contributed by atoms with Crippen LogP contribution in [-0.2, 0) is 0 Å². The third-order valence-electron chi connectivity index (χ3n) is 2.32. The van der Waals surface area contributed by atoms with Crippen molar-refractivity contribution in [3.05, 3.63) is 47.9 Å². The second-order valence-electron chi connectivity index (χ2n) is 3.34. The molecular weight excluding hydrogens is 224 g/mol. The molecule has 0 aliphatic carbocycles. The monoisotopic (exact) mass is 230 g/mol. The lowest BCUT2D eigenvalue weighted by molar-refractivity contribution is 0.857. The molecule has 3 heterocycles. The fourth-order valence-corrected chi connectivity index (χ4v) is 1.68. The highest BCUT2D eigenvalue weighted by Crippen LogP contribution is 2.21. The summed E-state index contributed by atoms with van der Waals surface area (Å²) >= 11 is 5.74. The van der Waals surface area contributed by atoms with E-state index in [-0.39, 0.29) is 0 Å². The lowest BCUT2D eigenvalue weighted by Gasteiger charge is -1.96. The Morgan fingerprint density at radius 1 is 1.12 bits per heavy atom. The van der Waals surface area contributed by atoms with Crippen LogP contribution < -0.4 is 0 Å². The number of nitrogens with zero attached hydrogens (tertiary/aromatic N) is 4. The highest BCUT2D eigenvalue weighted by molar-refractivity contribution is 6.29. The molecule has 0 fully saturated rings. The van der Waals surface area contributed by atoms with Gasteiger partial charge >= 0.3 is 0 Å². The number of rotatable bonds is 1. The summed E-state index contributed by atoms with van der Waals surface area (Å²) in [5.41, 5.74) is 2.67. The smallest absolute Gasteiger partial charge is 0.129 e. The first-order chi connectivity index (χ1) is 7.84. The first-order valence-corrected chi connectivity index (χ1v) is 5.14. The summed E-state index contributed by atoms with van der Waals surface area (Å²) in [6.45, 7) is 0. The molecule has 0 aromatic carbocycles. The molecule has 0 atom stereocenters. The van der Waals surface area contributed by atoms with E-state index in [1.54, 1.807) is 16.8 Å². The maximum absolute atomic E-state index is 5.74. The van der Waals surface area contributed by atoms with E-state index in [2.05, 4.69) is 15.3 Å². The van der Waals surface area contributed by atoms with Crippen LogP contribution in [0.15, 0.2) is 42.7 Å². The van der Waals surface area contributed by atoms with E-state index >= 15 is 0 Å². The summed E-state index contributed by atoms with van der Waals surface area (Å²) in [7, 11) is 0. The van der Waals surface area contributed by atoms with E-state index in [0.29, 0.717) is 5.15 Å². The summed E-state index contributed by atoms with van der Waals surface area (Å²) in [4.78, 5) is 4.03. The molecule has 0 aliphatic heterocycles. The molecule has 0 amide bonds. The van der Waals surface area contributed by atoms with Crippen LogP contribution in [0.2, 0.25) is 5.15 Å². The van der Waals surface area contributed by atoms with E-state index in [1.165, 1.54) is 0 Å². The average Bonchev–Trinajstić information content (AvgIpc) is 2.74. The van der Waals surface area contributed by atoms with Crippen molar-refractivity contribution in [3.63, 3.8) is 0 Å². The van der Waals surface area contributed by atoms with Crippen molar-refractivity contribution in [1.82, 2.24) is 19.8 Å². The summed E-state index contributed by atoms with van der Waals surface area (Å²) in [6, 6.07) is 9.44. The van der Waals surface area contributed by atoms with E-state index in [0.717, 1.165) is 16.8 Å². The standard InChI is InChI=1S/C11H7ClN4/c12-10-5-4-8(7-13-10)11-9-3-1-2-6-16(9)15-14-11/h1-7H. The van der Waals surface area contributed by atoms with Crippen LogP contribution in [0.1, 0.15) is 0 Å². The van der Waals surface area contributed by atoms with Gasteiger partial charge in [-0.1, -0.05) is 22.9 Å². The molecule has 0 saturated carbocycles. The molecule has 3 aromatic heterocycles. The Labute approximate surface area is 96.5 Å². The molecule has 0 N–H and O–H groups in total. The van der Waals surface area contributed by atoms with Crippen molar-refractivity contribution in [2.45, 2.75) is 0 Å². The van der Waals surface area contributed by atoms with Gasteiger partial charge in [-0.25, -0.2) is 9.50 Å². The quantitative estimate of drug-likeness (QED) is 0.603. The summed E-state index contributed by atoms with van der Waals surface area (Å²) in [5.74, 6) is 0. The minimum Gasteiger partial charge on any atom is -0.244 e. The van der Waals surface area contributed by atoms with Gasteiger partial charge in [-0.05, 0) is 24.3 Å². The molecule has 0 spiro atoms. The SMILES string of the molecule is Clc1ccc(-c2nnn3ccccc23)cn1. The van der Waals surface area contributed by atoms with E-state index < -0.39 is 0 Å². The van der Waals surface area contributed by atoms with Crippen molar-refractivity contribution in [3.8, 4) is 11.3 Å². The molecular formula is C11H7ClN4. The number of halogens is 1. The summed E-state index contributed by atoms with van der Waals surface area (Å²) < 4.78 is 1.73. The fraction of sp³-hybridized carbons (Fsp3) is 0. The van der Waals surface area contributed by atoms with E-state index in [1.807, 2.05) is 30.5 Å². The van der Waals surface area contributed by atoms with Crippen molar-refractivity contribution >= 4 is 17.1 Å². The first-order valence-electron chi connectivity index (χ1n) is 4.76. The zero-order valence-electron chi connectivity index (χ0n) is 8.21. The van der Waals surface area contributed by atoms with Gasteiger partial charge in [-0.2, -0.15) is 0 Å². The van der Waals surface area contributed by atoms with Crippen LogP contribution in [0.5, 0.6) is 0 Å². The second kappa shape index (κ2) is 3.57. The minimum atomic E-state index is 0.472. The zero-order chi connectivity index (χ0) is 11.0. The normalized spacial score (nSPS) is 10.8. The molecule has 0 unspecified atom stereocenters. The Bertz CT molecular complexity index is 630. The fourth-order valence-electron chi connectivity index (χ4n) is 1.57. The van der Waals surface area contributed by atoms with E-state index in [4.69, 9.17) is 11.6 Å². The Morgan fingerprint density at radius 2 is 2.06 bits per heavy atom. The summed E-state index contributed by atoms with van der Waals surface area (Å²) in [6.07, 6.45) is 3.55. The van der Waals surface area contributed by atoms with Crippen LogP contribution in [-0.4, -0.2) is 19.8 Å². The lowest BCUT2D eigenvalue weighted by Crippen LogP contribution is -1.84. The Balaban J connectivity index is 2.22. The predicted molar refractivity (Wildman–Crippen MR) is 61.2 cm³/mol. The maximum atomic E-state index is 5.74.